The van der Waals surface area contributed by atoms with Crippen LogP contribution in [0.4, 0.5) is 0 Å². The van der Waals surface area contributed by atoms with Gasteiger partial charge < -0.3 is 5.73 Å². The van der Waals surface area contributed by atoms with Gasteiger partial charge >= 0.3 is 0 Å². The molecule has 98 valence electrons. The molecular formula is C14H26N2S. The zero-order chi connectivity index (χ0) is 12.9. The third kappa shape index (κ3) is 4.76. The van der Waals surface area contributed by atoms with Crippen molar-refractivity contribution in [2.45, 2.75) is 65.8 Å². The van der Waals surface area contributed by atoms with Gasteiger partial charge in [-0.2, -0.15) is 0 Å². The Morgan fingerprint density at radius 3 is 2.59 bits per heavy atom. The lowest BCUT2D eigenvalue weighted by atomic mass is 9.88. The molecular weight excluding hydrogens is 228 g/mol. The highest BCUT2D eigenvalue weighted by Gasteiger charge is 2.24. The Labute approximate surface area is 110 Å². The van der Waals surface area contributed by atoms with Gasteiger partial charge in [0, 0.05) is 5.38 Å². The third-order valence-corrected chi connectivity index (χ3v) is 4.03. The minimum Gasteiger partial charge on any atom is -0.322 e. The molecule has 0 aromatic carbocycles. The second-order valence-corrected chi connectivity index (χ2v) is 6.72. The molecule has 0 bridgehead atoms. The number of hydrogen-bond acceptors (Lipinski definition) is 3. The summed E-state index contributed by atoms with van der Waals surface area (Å²) < 4.78 is 0. The first-order chi connectivity index (χ1) is 7.95. The van der Waals surface area contributed by atoms with Crippen molar-refractivity contribution in [3.05, 3.63) is 16.1 Å². The van der Waals surface area contributed by atoms with Gasteiger partial charge in [-0.3, -0.25) is 0 Å². The van der Waals surface area contributed by atoms with Crippen molar-refractivity contribution < 1.29 is 0 Å². The highest BCUT2D eigenvalue weighted by Crippen LogP contribution is 2.32. The van der Waals surface area contributed by atoms with Crippen molar-refractivity contribution in [3.8, 4) is 0 Å². The summed E-state index contributed by atoms with van der Waals surface area (Å²) in [5, 5.41) is 3.26. The van der Waals surface area contributed by atoms with Crippen molar-refractivity contribution in [3.63, 3.8) is 0 Å². The minimum atomic E-state index is 0.0527. The maximum atomic E-state index is 6.21. The van der Waals surface area contributed by atoms with Gasteiger partial charge in [-0.1, -0.05) is 47.0 Å². The van der Waals surface area contributed by atoms with Crippen molar-refractivity contribution >= 4 is 11.3 Å². The number of rotatable bonds is 6. The Morgan fingerprint density at radius 2 is 2.00 bits per heavy atom. The van der Waals surface area contributed by atoms with Crippen molar-refractivity contribution in [2.24, 2.45) is 11.1 Å². The fourth-order valence-electron chi connectivity index (χ4n) is 1.68. The Balaban J connectivity index is 2.48. The lowest BCUT2D eigenvalue weighted by Crippen LogP contribution is -2.26. The normalized spacial score (nSPS) is 13.9. The molecule has 0 saturated heterocycles. The van der Waals surface area contributed by atoms with E-state index in [-0.39, 0.29) is 11.5 Å². The summed E-state index contributed by atoms with van der Waals surface area (Å²) in [5.74, 6) is 0. The molecule has 2 nitrogen and oxygen atoms in total. The van der Waals surface area contributed by atoms with Crippen LogP contribution in [-0.4, -0.2) is 4.98 Å². The zero-order valence-electron chi connectivity index (χ0n) is 11.6. The fraction of sp³-hybridized carbons (Fsp3) is 0.786. The lowest BCUT2D eigenvalue weighted by Gasteiger charge is -2.24. The van der Waals surface area contributed by atoms with Crippen LogP contribution in [0.1, 0.15) is 70.1 Å². The molecule has 0 fully saturated rings. The molecule has 1 aromatic rings. The maximum Gasteiger partial charge on any atom is 0.110 e. The fourth-order valence-corrected chi connectivity index (χ4v) is 2.78. The van der Waals surface area contributed by atoms with Crippen molar-refractivity contribution in [2.75, 3.05) is 0 Å². The second kappa shape index (κ2) is 6.50. The molecule has 1 rings (SSSR count). The molecule has 0 aliphatic carbocycles. The predicted octanol–water partition coefficient (Wildman–Crippen LogP) is 4.31. The Hall–Kier alpha value is -0.410. The average Bonchev–Trinajstić information content (AvgIpc) is 2.70. The van der Waals surface area contributed by atoms with E-state index < -0.39 is 0 Å². The largest absolute Gasteiger partial charge is 0.322 e. The van der Waals surface area contributed by atoms with Crippen LogP contribution < -0.4 is 5.73 Å². The number of unbranched alkanes of at least 4 members (excludes halogenated alkanes) is 3. The van der Waals surface area contributed by atoms with Crippen LogP contribution in [-0.2, 0) is 6.42 Å². The quantitative estimate of drug-likeness (QED) is 0.768. The van der Waals surface area contributed by atoms with Gasteiger partial charge in [0.2, 0.25) is 0 Å². The smallest absolute Gasteiger partial charge is 0.110 e. The first-order valence-corrected chi connectivity index (χ1v) is 7.53. The first-order valence-electron chi connectivity index (χ1n) is 6.65. The van der Waals surface area contributed by atoms with Gasteiger partial charge in [0.25, 0.3) is 0 Å². The van der Waals surface area contributed by atoms with Gasteiger partial charge in [-0.05, 0) is 18.3 Å². The molecule has 2 N–H and O–H groups in total. The molecule has 0 aliphatic rings. The monoisotopic (exact) mass is 254 g/mol. The van der Waals surface area contributed by atoms with E-state index in [2.05, 4.69) is 38.1 Å². The summed E-state index contributed by atoms with van der Waals surface area (Å²) >= 11 is 1.71. The molecule has 0 spiro atoms. The molecule has 0 saturated carbocycles. The number of aromatic nitrogens is 1. The summed E-state index contributed by atoms with van der Waals surface area (Å²) in [4.78, 5) is 4.67. The average molecular weight is 254 g/mol. The maximum absolute atomic E-state index is 6.21. The van der Waals surface area contributed by atoms with Gasteiger partial charge in [-0.15, -0.1) is 11.3 Å². The summed E-state index contributed by atoms with van der Waals surface area (Å²) in [6.07, 6.45) is 6.29. The molecule has 17 heavy (non-hydrogen) atoms. The summed E-state index contributed by atoms with van der Waals surface area (Å²) in [5.41, 5.74) is 7.53. The third-order valence-electron chi connectivity index (χ3n) is 3.06. The standard InChI is InChI=1S/C14H26N2S/c1-5-6-7-8-9-11-10-17-13(16-11)12(15)14(2,3)4/h10,12H,5-9,15H2,1-4H3. The number of thiazole rings is 1. The van der Waals surface area contributed by atoms with E-state index in [1.165, 1.54) is 31.4 Å². The Bertz CT molecular complexity index is 325. The zero-order valence-corrected chi connectivity index (χ0v) is 12.4. The van der Waals surface area contributed by atoms with Crippen molar-refractivity contribution in [1.82, 2.24) is 4.98 Å². The second-order valence-electron chi connectivity index (χ2n) is 5.83. The molecule has 1 heterocycles. The lowest BCUT2D eigenvalue weighted by molar-refractivity contribution is 0.326. The predicted molar refractivity (Wildman–Crippen MR) is 76.3 cm³/mol. The van der Waals surface area contributed by atoms with Crippen LogP contribution in [0, 0.1) is 5.41 Å². The molecule has 1 unspecified atom stereocenters. The van der Waals surface area contributed by atoms with Crippen LogP contribution >= 0.6 is 11.3 Å². The Kier molecular flexibility index (Phi) is 5.60. The van der Waals surface area contributed by atoms with Crippen LogP contribution in [0.5, 0.6) is 0 Å². The van der Waals surface area contributed by atoms with Crippen LogP contribution in [0.25, 0.3) is 0 Å². The van der Waals surface area contributed by atoms with Crippen LogP contribution in [0.3, 0.4) is 0 Å². The topological polar surface area (TPSA) is 38.9 Å². The molecule has 0 radical (unpaired) electrons. The SMILES string of the molecule is CCCCCCc1csc(C(N)C(C)(C)C)n1. The summed E-state index contributed by atoms with van der Waals surface area (Å²) in [6.45, 7) is 8.74. The molecule has 0 aliphatic heterocycles. The first kappa shape index (κ1) is 14.7. The Morgan fingerprint density at radius 1 is 1.29 bits per heavy atom. The minimum absolute atomic E-state index is 0.0527. The molecule has 0 amide bonds. The number of aryl methyl sites for hydroxylation is 1. The highest BCUT2D eigenvalue weighted by molar-refractivity contribution is 7.09. The van der Waals surface area contributed by atoms with Gasteiger partial charge in [0.1, 0.15) is 5.01 Å². The van der Waals surface area contributed by atoms with Gasteiger partial charge in [-0.25, -0.2) is 4.98 Å². The van der Waals surface area contributed by atoms with E-state index >= 15 is 0 Å². The molecule has 1 aromatic heterocycles. The molecule has 1 atom stereocenters. The summed E-state index contributed by atoms with van der Waals surface area (Å²) in [6, 6.07) is 0.0527. The van der Waals surface area contributed by atoms with Crippen molar-refractivity contribution in [1.29, 1.82) is 0 Å². The van der Waals surface area contributed by atoms with Crippen LogP contribution in [0.2, 0.25) is 0 Å². The number of nitrogens with zero attached hydrogens (tertiary/aromatic N) is 1. The number of hydrogen-bond donors (Lipinski definition) is 1. The van der Waals surface area contributed by atoms with E-state index in [0.717, 1.165) is 11.4 Å². The van der Waals surface area contributed by atoms with E-state index in [4.69, 9.17) is 5.73 Å². The van der Waals surface area contributed by atoms with E-state index in [9.17, 15) is 0 Å². The van der Waals surface area contributed by atoms with E-state index in [1.807, 2.05) is 0 Å². The van der Waals surface area contributed by atoms with Crippen LogP contribution in [0.15, 0.2) is 5.38 Å². The molecule has 3 heteroatoms. The summed E-state index contributed by atoms with van der Waals surface area (Å²) in [7, 11) is 0. The highest BCUT2D eigenvalue weighted by atomic mass is 32.1. The van der Waals surface area contributed by atoms with Gasteiger partial charge in [0.15, 0.2) is 0 Å². The number of nitrogens with two attached hydrogens (primary N) is 1. The van der Waals surface area contributed by atoms with E-state index in [0.29, 0.717) is 0 Å². The van der Waals surface area contributed by atoms with Gasteiger partial charge in [0.05, 0.1) is 11.7 Å². The van der Waals surface area contributed by atoms with E-state index in [1.54, 1.807) is 11.3 Å².